The molecule has 2 rings (SSSR count). The molecule has 0 aromatic carbocycles. The zero-order valence-corrected chi connectivity index (χ0v) is 15.9. The van der Waals surface area contributed by atoms with Crippen molar-refractivity contribution in [2.75, 3.05) is 0 Å². The molecular formula is C20H36O3. The molecule has 0 unspecified atom stereocenters. The lowest BCUT2D eigenvalue weighted by atomic mass is 9.82. The summed E-state index contributed by atoms with van der Waals surface area (Å²) in [4.78, 5) is 0. The number of hydrogen-bond acceptors (Lipinski definition) is 3. The Morgan fingerprint density at radius 1 is 1.13 bits per heavy atom. The van der Waals surface area contributed by atoms with Gasteiger partial charge < -0.3 is 14.2 Å². The normalized spacial score (nSPS) is 41.0. The quantitative estimate of drug-likeness (QED) is 0.670. The second kappa shape index (κ2) is 7.67. The van der Waals surface area contributed by atoms with Gasteiger partial charge in [0.2, 0.25) is 0 Å². The fourth-order valence-corrected chi connectivity index (χ4v) is 4.11. The minimum absolute atomic E-state index is 0.195. The highest BCUT2D eigenvalue weighted by Crippen LogP contribution is 2.38. The van der Waals surface area contributed by atoms with Crippen LogP contribution in [0.15, 0.2) is 12.7 Å². The van der Waals surface area contributed by atoms with Crippen LogP contribution in [0.1, 0.15) is 67.2 Å². The minimum Gasteiger partial charge on any atom is -0.374 e. The lowest BCUT2D eigenvalue weighted by Gasteiger charge is -2.48. The van der Waals surface area contributed by atoms with E-state index in [1.807, 2.05) is 19.9 Å². The van der Waals surface area contributed by atoms with Crippen molar-refractivity contribution in [2.24, 2.45) is 17.8 Å². The van der Waals surface area contributed by atoms with Crippen LogP contribution in [0, 0.1) is 17.8 Å². The summed E-state index contributed by atoms with van der Waals surface area (Å²) < 4.78 is 18.8. The monoisotopic (exact) mass is 324 g/mol. The molecule has 0 spiro atoms. The molecule has 0 aromatic heterocycles. The van der Waals surface area contributed by atoms with E-state index in [9.17, 15) is 0 Å². The Hall–Kier alpha value is -0.380. The van der Waals surface area contributed by atoms with Crippen LogP contribution >= 0.6 is 0 Å². The van der Waals surface area contributed by atoms with E-state index < -0.39 is 5.79 Å². The number of ether oxygens (including phenoxy) is 3. The van der Waals surface area contributed by atoms with Crippen LogP contribution < -0.4 is 0 Å². The molecule has 0 N–H and O–H groups in total. The summed E-state index contributed by atoms with van der Waals surface area (Å²) in [6.07, 6.45) is 7.32. The van der Waals surface area contributed by atoms with E-state index in [0.29, 0.717) is 23.9 Å². The first-order valence-electron chi connectivity index (χ1n) is 9.35. The third-order valence-electron chi connectivity index (χ3n) is 5.46. The number of hydrogen-bond donors (Lipinski definition) is 0. The predicted octanol–water partition coefficient (Wildman–Crippen LogP) is 4.95. The van der Waals surface area contributed by atoms with Crippen molar-refractivity contribution in [1.29, 1.82) is 0 Å². The van der Waals surface area contributed by atoms with Gasteiger partial charge in [0, 0.05) is 12.3 Å². The predicted molar refractivity (Wildman–Crippen MR) is 94.3 cm³/mol. The van der Waals surface area contributed by atoms with Gasteiger partial charge >= 0.3 is 0 Å². The molecule has 0 bridgehead atoms. The molecule has 3 nitrogen and oxygen atoms in total. The maximum atomic E-state index is 6.36. The van der Waals surface area contributed by atoms with Crippen LogP contribution in [-0.2, 0) is 14.2 Å². The van der Waals surface area contributed by atoms with Crippen LogP contribution in [0.5, 0.6) is 0 Å². The molecule has 2 aliphatic rings. The third-order valence-corrected chi connectivity index (χ3v) is 5.46. The highest BCUT2D eigenvalue weighted by Gasteiger charge is 2.44. The van der Waals surface area contributed by atoms with Crippen LogP contribution in [0.3, 0.4) is 0 Å². The lowest BCUT2D eigenvalue weighted by Crippen LogP contribution is -2.53. The summed E-state index contributed by atoms with van der Waals surface area (Å²) in [5.41, 5.74) is 0. The smallest absolute Gasteiger partial charge is 0.163 e. The zero-order chi connectivity index (χ0) is 17.2. The van der Waals surface area contributed by atoms with Crippen LogP contribution in [0.25, 0.3) is 0 Å². The fourth-order valence-electron chi connectivity index (χ4n) is 4.11. The van der Waals surface area contributed by atoms with Gasteiger partial charge in [-0.15, -0.1) is 6.58 Å². The van der Waals surface area contributed by atoms with Crippen molar-refractivity contribution in [3.8, 4) is 0 Å². The van der Waals surface area contributed by atoms with Crippen molar-refractivity contribution in [2.45, 2.75) is 97.4 Å². The SMILES string of the molecule is C=CC[C@@H]1CC[C@H](C)[C@@H](C[C@@H]2OC(C)(C)O[C@H](C(C)C)[C@H]2C)O1. The van der Waals surface area contributed by atoms with E-state index in [0.717, 1.165) is 19.3 Å². The summed E-state index contributed by atoms with van der Waals surface area (Å²) in [5.74, 6) is 0.965. The topological polar surface area (TPSA) is 27.7 Å². The van der Waals surface area contributed by atoms with E-state index in [2.05, 4.69) is 34.3 Å². The first-order chi connectivity index (χ1) is 10.7. The van der Waals surface area contributed by atoms with E-state index in [4.69, 9.17) is 14.2 Å². The van der Waals surface area contributed by atoms with Gasteiger partial charge in [-0.25, -0.2) is 0 Å². The molecule has 23 heavy (non-hydrogen) atoms. The summed E-state index contributed by atoms with van der Waals surface area (Å²) in [6.45, 7) is 17.0. The molecular weight excluding hydrogens is 288 g/mol. The zero-order valence-electron chi connectivity index (χ0n) is 15.9. The Bertz CT molecular complexity index is 390. The van der Waals surface area contributed by atoms with Crippen molar-refractivity contribution < 1.29 is 14.2 Å². The fraction of sp³-hybridized carbons (Fsp3) is 0.900. The maximum Gasteiger partial charge on any atom is 0.163 e. The Morgan fingerprint density at radius 3 is 2.43 bits per heavy atom. The molecule has 2 aliphatic heterocycles. The van der Waals surface area contributed by atoms with E-state index in [-0.39, 0.29) is 18.3 Å². The highest BCUT2D eigenvalue weighted by atomic mass is 16.7. The first-order valence-corrected chi connectivity index (χ1v) is 9.35. The maximum absolute atomic E-state index is 6.36. The van der Waals surface area contributed by atoms with E-state index in [1.54, 1.807) is 0 Å². The van der Waals surface area contributed by atoms with Gasteiger partial charge in [-0.05, 0) is 44.9 Å². The molecule has 2 saturated heterocycles. The van der Waals surface area contributed by atoms with Gasteiger partial charge in [-0.1, -0.05) is 33.8 Å². The average molecular weight is 325 g/mol. The molecule has 2 heterocycles. The molecule has 134 valence electrons. The minimum atomic E-state index is -0.509. The molecule has 2 fully saturated rings. The summed E-state index contributed by atoms with van der Waals surface area (Å²) in [7, 11) is 0. The lowest BCUT2D eigenvalue weighted by molar-refractivity contribution is -0.330. The largest absolute Gasteiger partial charge is 0.374 e. The van der Waals surface area contributed by atoms with Gasteiger partial charge in [0.15, 0.2) is 5.79 Å². The van der Waals surface area contributed by atoms with Gasteiger partial charge in [-0.2, -0.15) is 0 Å². The van der Waals surface area contributed by atoms with Gasteiger partial charge in [0.05, 0.1) is 24.4 Å². The summed E-state index contributed by atoms with van der Waals surface area (Å²) in [5, 5.41) is 0. The van der Waals surface area contributed by atoms with Crippen LogP contribution in [-0.4, -0.2) is 30.2 Å². The highest BCUT2D eigenvalue weighted by molar-refractivity contribution is 4.89. The van der Waals surface area contributed by atoms with Crippen LogP contribution in [0.2, 0.25) is 0 Å². The molecule has 0 aromatic rings. The Kier molecular flexibility index (Phi) is 6.32. The van der Waals surface area contributed by atoms with Crippen molar-refractivity contribution in [3.63, 3.8) is 0 Å². The van der Waals surface area contributed by atoms with Gasteiger partial charge in [0.25, 0.3) is 0 Å². The van der Waals surface area contributed by atoms with Gasteiger partial charge in [0.1, 0.15) is 0 Å². The Balaban J connectivity index is 2.05. The second-order valence-electron chi connectivity index (χ2n) is 8.35. The number of rotatable bonds is 5. The summed E-state index contributed by atoms with van der Waals surface area (Å²) in [6, 6.07) is 0. The van der Waals surface area contributed by atoms with Crippen LogP contribution in [0.4, 0.5) is 0 Å². The molecule has 6 atom stereocenters. The average Bonchev–Trinajstić information content (AvgIpc) is 2.45. The molecule has 3 heteroatoms. The van der Waals surface area contributed by atoms with Crippen molar-refractivity contribution in [3.05, 3.63) is 12.7 Å². The Labute approximate surface area is 142 Å². The molecule has 0 radical (unpaired) electrons. The third kappa shape index (κ3) is 4.80. The molecule has 0 aliphatic carbocycles. The first kappa shape index (κ1) is 19.0. The second-order valence-corrected chi connectivity index (χ2v) is 8.35. The Morgan fingerprint density at radius 2 is 1.83 bits per heavy atom. The van der Waals surface area contributed by atoms with Crippen molar-refractivity contribution in [1.82, 2.24) is 0 Å². The van der Waals surface area contributed by atoms with Gasteiger partial charge in [-0.3, -0.25) is 0 Å². The van der Waals surface area contributed by atoms with Crippen molar-refractivity contribution >= 4 is 0 Å². The molecule has 0 amide bonds. The molecule has 0 saturated carbocycles. The standard InChI is InChI=1S/C20H36O3/c1-8-9-16-11-10-14(4)17(21-16)12-18-15(5)19(13(2)3)23-20(6,7)22-18/h8,13-19H,1,9-12H2,2-7H3/t14-,15-,16+,17+,18-,19+/m0/s1. The van der Waals surface area contributed by atoms with E-state index in [1.165, 1.54) is 6.42 Å². The summed E-state index contributed by atoms with van der Waals surface area (Å²) >= 11 is 0. The van der Waals surface area contributed by atoms with E-state index >= 15 is 0 Å².